The summed E-state index contributed by atoms with van der Waals surface area (Å²) >= 11 is 0. The van der Waals surface area contributed by atoms with Crippen LogP contribution in [-0.2, 0) is 0 Å². The third-order valence-electron chi connectivity index (χ3n) is 4.38. The summed E-state index contributed by atoms with van der Waals surface area (Å²) in [5, 5.41) is 0. The van der Waals surface area contributed by atoms with Gasteiger partial charge in [-0.05, 0) is 62.5 Å². The van der Waals surface area contributed by atoms with Gasteiger partial charge in [-0.25, -0.2) is 0 Å². The van der Waals surface area contributed by atoms with E-state index in [1.807, 2.05) is 0 Å². The van der Waals surface area contributed by atoms with Crippen molar-refractivity contribution in [3.05, 3.63) is 7.69 Å². The highest BCUT2D eigenvalue weighted by atomic mass is 32.9. The summed E-state index contributed by atoms with van der Waals surface area (Å²) in [5.74, 6) is 0. The molecule has 0 spiro atoms. The van der Waals surface area contributed by atoms with Crippen molar-refractivity contribution in [3.63, 3.8) is 0 Å². The maximum absolute atomic E-state index is 2.07. The highest BCUT2D eigenvalue weighted by molar-refractivity contribution is 7.81. The average Bonchev–Trinajstić information content (AvgIpc) is 2.92. The Bertz CT molecular complexity index is 470. The molecule has 2 aliphatic rings. The van der Waals surface area contributed by atoms with Crippen LogP contribution in [0.15, 0.2) is 0 Å². The molecule has 2 aliphatic carbocycles. The van der Waals surface area contributed by atoms with Crippen molar-refractivity contribution < 1.29 is 0 Å². The van der Waals surface area contributed by atoms with E-state index in [-0.39, 0.29) is 0 Å². The molecular weight excluding hydrogens is 320 g/mol. The van der Waals surface area contributed by atoms with E-state index in [0.29, 0.717) is 0 Å². The Labute approximate surface area is 137 Å². The van der Waals surface area contributed by atoms with Crippen LogP contribution in [0.2, 0.25) is 0 Å². The van der Waals surface area contributed by atoms with Crippen LogP contribution < -0.4 is 7.69 Å². The van der Waals surface area contributed by atoms with Gasteiger partial charge in [0.05, 0.1) is 7.69 Å². The molecule has 0 amide bonds. The molecule has 3 rings (SSSR count). The molecular formula is C16H24S4. The van der Waals surface area contributed by atoms with Crippen LogP contribution in [0.5, 0.6) is 0 Å². The lowest BCUT2D eigenvalue weighted by Gasteiger charge is -2.02. The Morgan fingerprint density at radius 3 is 1.00 bits per heavy atom. The van der Waals surface area contributed by atoms with Crippen LogP contribution in [0.3, 0.4) is 0 Å². The van der Waals surface area contributed by atoms with Crippen molar-refractivity contribution in [2.45, 2.75) is 77.0 Å². The fourth-order valence-corrected chi connectivity index (χ4v) is 10.5. The standard InChI is InChI=1S/C16H24S4/c1-2-6-10-13(9-5-1)15-17-19-16(20-18-15)14-11-7-3-4-8-12-14/h1-12H2. The lowest BCUT2D eigenvalue weighted by molar-refractivity contribution is 0.702. The van der Waals surface area contributed by atoms with Gasteiger partial charge in [0.1, 0.15) is 0 Å². The number of hydrogen-bond acceptors (Lipinski definition) is 4. The van der Waals surface area contributed by atoms with E-state index in [1.54, 1.807) is 18.8 Å². The second-order valence-electron chi connectivity index (χ2n) is 5.94. The Kier molecular flexibility index (Phi) is 6.19. The van der Waals surface area contributed by atoms with Crippen molar-refractivity contribution in [2.75, 3.05) is 0 Å². The second kappa shape index (κ2) is 8.11. The van der Waals surface area contributed by atoms with Gasteiger partial charge >= 0.3 is 0 Å². The minimum Gasteiger partial charge on any atom is -0.0674 e. The average molecular weight is 345 g/mol. The number of hydrogen-bond donors (Lipinski definition) is 0. The van der Waals surface area contributed by atoms with E-state index in [4.69, 9.17) is 0 Å². The fourth-order valence-electron chi connectivity index (χ4n) is 3.13. The molecule has 2 fully saturated rings. The summed E-state index contributed by atoms with van der Waals surface area (Å²) < 4.78 is 3.28. The van der Waals surface area contributed by atoms with Crippen molar-refractivity contribution >= 4 is 52.5 Å². The zero-order valence-electron chi connectivity index (χ0n) is 12.1. The predicted octanol–water partition coefficient (Wildman–Crippen LogP) is 6.07. The van der Waals surface area contributed by atoms with E-state index in [0.717, 1.165) is 0 Å². The largest absolute Gasteiger partial charge is 0.0998 e. The summed E-state index contributed by atoms with van der Waals surface area (Å²) in [4.78, 5) is 0. The highest BCUT2D eigenvalue weighted by Gasteiger charge is 2.08. The molecule has 1 aromatic rings. The van der Waals surface area contributed by atoms with Crippen LogP contribution in [-0.4, -0.2) is 0 Å². The van der Waals surface area contributed by atoms with Crippen molar-refractivity contribution in [1.29, 1.82) is 0 Å². The summed E-state index contributed by atoms with van der Waals surface area (Å²) in [6, 6.07) is 0. The molecule has 0 aliphatic heterocycles. The topological polar surface area (TPSA) is 0 Å². The summed E-state index contributed by atoms with van der Waals surface area (Å²) in [7, 11) is 8.27. The minimum absolute atomic E-state index is 1.36. The third-order valence-corrected chi connectivity index (χ3v) is 11.1. The van der Waals surface area contributed by atoms with Crippen molar-refractivity contribution in [3.8, 4) is 0 Å². The summed E-state index contributed by atoms with van der Waals surface area (Å²) in [6.45, 7) is 0. The Balaban J connectivity index is 1.90. The first-order valence-corrected chi connectivity index (χ1v) is 12.4. The fraction of sp³-hybridized carbons (Fsp3) is 0.750. The predicted molar refractivity (Wildman–Crippen MR) is 97.0 cm³/mol. The van der Waals surface area contributed by atoms with Crippen LogP contribution in [0.1, 0.15) is 77.0 Å². The molecule has 0 bridgehead atoms. The minimum atomic E-state index is 1.36. The maximum atomic E-state index is 2.07. The molecule has 0 N–H and O–H groups in total. The van der Waals surface area contributed by atoms with Gasteiger partial charge in [0.25, 0.3) is 0 Å². The van der Waals surface area contributed by atoms with Crippen LogP contribution in [0, 0.1) is 0 Å². The zero-order chi connectivity index (χ0) is 13.6. The molecule has 0 saturated heterocycles. The van der Waals surface area contributed by atoms with Gasteiger partial charge in [-0.2, -0.15) is 0 Å². The van der Waals surface area contributed by atoms with Gasteiger partial charge in [-0.3, -0.25) is 0 Å². The van der Waals surface area contributed by atoms with E-state index in [1.165, 1.54) is 77.0 Å². The monoisotopic (exact) mass is 344 g/mol. The molecule has 4 heteroatoms. The molecule has 0 aromatic carbocycles. The SMILES string of the molecule is C1CCCC(=c2ssc(=C3CCCCCC3)ss2)CC1. The van der Waals surface area contributed by atoms with Crippen LogP contribution >= 0.6 is 41.4 Å². The smallest absolute Gasteiger partial charge is 0.0674 e. The van der Waals surface area contributed by atoms with E-state index >= 15 is 0 Å². The Morgan fingerprint density at radius 2 is 0.700 bits per heavy atom. The highest BCUT2D eigenvalue weighted by Crippen LogP contribution is 2.25. The Hall–Kier alpha value is 0.360. The van der Waals surface area contributed by atoms with Crippen molar-refractivity contribution in [2.24, 2.45) is 0 Å². The molecule has 0 unspecified atom stereocenters. The third kappa shape index (κ3) is 4.19. The summed E-state index contributed by atoms with van der Waals surface area (Å²) in [5.41, 5.74) is 3.53. The van der Waals surface area contributed by atoms with Crippen LogP contribution in [0.25, 0.3) is 11.1 Å². The van der Waals surface area contributed by atoms with Gasteiger partial charge in [-0.15, -0.1) is 0 Å². The first kappa shape index (κ1) is 15.3. The molecule has 0 atom stereocenters. The lowest BCUT2D eigenvalue weighted by Crippen LogP contribution is -2.02. The van der Waals surface area contributed by atoms with Crippen LogP contribution in [0.4, 0.5) is 0 Å². The van der Waals surface area contributed by atoms with Crippen molar-refractivity contribution in [1.82, 2.24) is 0 Å². The molecule has 1 heterocycles. The number of rotatable bonds is 0. The normalized spacial score (nSPS) is 21.4. The second-order valence-corrected chi connectivity index (χ2v) is 10.8. The first-order chi connectivity index (χ1) is 9.93. The Morgan fingerprint density at radius 1 is 0.400 bits per heavy atom. The molecule has 20 heavy (non-hydrogen) atoms. The molecule has 1 aromatic heterocycles. The maximum Gasteiger partial charge on any atom is 0.0998 e. The summed E-state index contributed by atoms with van der Waals surface area (Å²) in [6.07, 6.45) is 16.9. The van der Waals surface area contributed by atoms with Gasteiger partial charge in [0, 0.05) is 0 Å². The van der Waals surface area contributed by atoms with E-state index in [2.05, 4.69) is 41.4 Å². The van der Waals surface area contributed by atoms with Gasteiger partial charge in [-0.1, -0.05) is 67.0 Å². The molecule has 0 radical (unpaired) electrons. The molecule has 2 saturated carbocycles. The van der Waals surface area contributed by atoms with Gasteiger partial charge < -0.3 is 0 Å². The van der Waals surface area contributed by atoms with E-state index in [9.17, 15) is 0 Å². The van der Waals surface area contributed by atoms with Gasteiger partial charge in [0.15, 0.2) is 0 Å². The first-order valence-electron chi connectivity index (χ1n) is 8.06. The molecule has 0 nitrogen and oxygen atoms in total. The molecule has 112 valence electrons. The van der Waals surface area contributed by atoms with Gasteiger partial charge in [0.2, 0.25) is 0 Å². The zero-order valence-corrected chi connectivity index (χ0v) is 15.4. The quantitative estimate of drug-likeness (QED) is 0.396. The van der Waals surface area contributed by atoms with E-state index < -0.39 is 0 Å². The lowest BCUT2D eigenvalue weighted by atomic mass is 10.1.